The van der Waals surface area contributed by atoms with Gasteiger partial charge < -0.3 is 5.32 Å². The summed E-state index contributed by atoms with van der Waals surface area (Å²) in [4.78, 5) is 16.6. The number of nitrogens with one attached hydrogen (secondary N) is 1. The second-order valence-electron chi connectivity index (χ2n) is 6.15. The molecular weight excluding hydrogens is 330 g/mol. The van der Waals surface area contributed by atoms with Gasteiger partial charge >= 0.3 is 0 Å². The van der Waals surface area contributed by atoms with E-state index in [1.807, 2.05) is 45.0 Å². The molecule has 1 amide bonds. The number of nitriles is 1. The first-order chi connectivity index (χ1) is 12.0. The Morgan fingerprint density at radius 2 is 2.04 bits per heavy atom. The monoisotopic (exact) mass is 353 g/mol. The van der Waals surface area contributed by atoms with E-state index in [2.05, 4.69) is 28.5 Å². The first kappa shape index (κ1) is 19.0. The summed E-state index contributed by atoms with van der Waals surface area (Å²) in [5.41, 5.74) is 3.58. The predicted octanol–water partition coefficient (Wildman–Crippen LogP) is 3.80. The molecule has 1 heterocycles. The summed E-state index contributed by atoms with van der Waals surface area (Å²) in [6, 6.07) is 14.4. The van der Waals surface area contributed by atoms with Gasteiger partial charge in [-0.3, -0.25) is 4.79 Å². The van der Waals surface area contributed by atoms with Crippen LogP contribution in [0.1, 0.15) is 35.7 Å². The van der Waals surface area contributed by atoms with Crippen LogP contribution in [0.4, 0.5) is 0 Å². The van der Waals surface area contributed by atoms with Crippen molar-refractivity contribution in [2.24, 2.45) is 0 Å². The highest BCUT2D eigenvalue weighted by Gasteiger charge is 2.13. The number of pyridine rings is 1. The Kier molecular flexibility index (Phi) is 7.03. The molecule has 1 atom stereocenters. The Morgan fingerprint density at radius 3 is 2.72 bits per heavy atom. The van der Waals surface area contributed by atoms with Crippen molar-refractivity contribution in [2.75, 3.05) is 5.75 Å². The van der Waals surface area contributed by atoms with Gasteiger partial charge in [-0.2, -0.15) is 5.26 Å². The largest absolute Gasteiger partial charge is 0.353 e. The number of thioether (sulfide) groups is 1. The Morgan fingerprint density at radius 1 is 1.32 bits per heavy atom. The third-order valence-electron chi connectivity index (χ3n) is 3.88. The second-order valence-corrected chi connectivity index (χ2v) is 7.12. The van der Waals surface area contributed by atoms with E-state index in [1.54, 1.807) is 0 Å². The van der Waals surface area contributed by atoms with Crippen molar-refractivity contribution in [1.82, 2.24) is 10.3 Å². The van der Waals surface area contributed by atoms with Gasteiger partial charge in [0, 0.05) is 11.7 Å². The Labute approximate surface area is 153 Å². The molecule has 0 radical (unpaired) electrons. The first-order valence-electron chi connectivity index (χ1n) is 8.34. The molecule has 1 aromatic carbocycles. The van der Waals surface area contributed by atoms with Crippen LogP contribution in [0.25, 0.3) is 0 Å². The lowest BCUT2D eigenvalue weighted by Gasteiger charge is -2.14. The third-order valence-corrected chi connectivity index (χ3v) is 4.85. The number of benzene rings is 1. The average Bonchev–Trinajstić information content (AvgIpc) is 2.58. The number of rotatable bonds is 7. The SMILES string of the molecule is Cc1cc(C)c(C#N)c(SCC(=O)NC(C)CCc2ccccc2)n1. The Balaban J connectivity index is 1.84. The normalized spacial score (nSPS) is 11.6. The minimum absolute atomic E-state index is 0.0320. The molecule has 0 fully saturated rings. The van der Waals surface area contributed by atoms with Crippen LogP contribution in [0, 0.1) is 25.2 Å². The summed E-state index contributed by atoms with van der Waals surface area (Å²) >= 11 is 1.32. The fourth-order valence-corrected chi connectivity index (χ4v) is 3.50. The Hall–Kier alpha value is -2.32. The zero-order valence-corrected chi connectivity index (χ0v) is 15.7. The molecule has 0 aliphatic heterocycles. The van der Waals surface area contributed by atoms with Crippen LogP contribution in [0.5, 0.6) is 0 Å². The maximum Gasteiger partial charge on any atom is 0.230 e. The molecule has 1 unspecified atom stereocenters. The minimum atomic E-state index is -0.0320. The zero-order valence-electron chi connectivity index (χ0n) is 14.9. The van der Waals surface area contributed by atoms with Crippen molar-refractivity contribution in [2.45, 2.75) is 44.7 Å². The number of carbonyl (C=O) groups excluding carboxylic acids is 1. The van der Waals surface area contributed by atoms with Crippen molar-refractivity contribution >= 4 is 17.7 Å². The number of carbonyl (C=O) groups is 1. The summed E-state index contributed by atoms with van der Waals surface area (Å²) in [5, 5.41) is 12.9. The molecule has 1 N–H and O–H groups in total. The molecule has 5 heteroatoms. The van der Waals surface area contributed by atoms with Crippen LogP contribution < -0.4 is 5.32 Å². The molecule has 4 nitrogen and oxygen atoms in total. The van der Waals surface area contributed by atoms with Crippen LogP contribution in [0.15, 0.2) is 41.4 Å². The topological polar surface area (TPSA) is 65.8 Å². The van der Waals surface area contributed by atoms with Gasteiger partial charge in [0.15, 0.2) is 0 Å². The van der Waals surface area contributed by atoms with E-state index in [1.165, 1.54) is 17.3 Å². The van der Waals surface area contributed by atoms with Gasteiger partial charge in [0.1, 0.15) is 11.1 Å². The van der Waals surface area contributed by atoms with Gasteiger partial charge in [0.25, 0.3) is 0 Å². The fourth-order valence-electron chi connectivity index (χ4n) is 2.59. The molecule has 0 saturated heterocycles. The summed E-state index contributed by atoms with van der Waals surface area (Å²) < 4.78 is 0. The van der Waals surface area contributed by atoms with Crippen molar-refractivity contribution in [1.29, 1.82) is 5.26 Å². The molecule has 0 aliphatic carbocycles. The number of hydrogen-bond acceptors (Lipinski definition) is 4. The molecular formula is C20H23N3OS. The maximum absolute atomic E-state index is 12.2. The van der Waals surface area contributed by atoms with Crippen LogP contribution >= 0.6 is 11.8 Å². The van der Waals surface area contributed by atoms with Gasteiger partial charge in [-0.15, -0.1) is 0 Å². The number of aryl methyl sites for hydroxylation is 3. The quantitative estimate of drug-likeness (QED) is 0.769. The second kappa shape index (κ2) is 9.24. The summed E-state index contributed by atoms with van der Waals surface area (Å²) in [7, 11) is 0. The first-order valence-corrected chi connectivity index (χ1v) is 9.32. The maximum atomic E-state index is 12.2. The van der Waals surface area contributed by atoms with Crippen molar-refractivity contribution in [3.8, 4) is 6.07 Å². The van der Waals surface area contributed by atoms with Gasteiger partial charge in [0.05, 0.1) is 11.3 Å². The van der Waals surface area contributed by atoms with Gasteiger partial charge in [-0.05, 0) is 50.8 Å². The molecule has 0 aliphatic rings. The standard InChI is InChI=1S/C20H23N3OS/c1-14-11-16(3)23-20(18(14)12-21)25-13-19(24)22-15(2)9-10-17-7-5-4-6-8-17/h4-8,11,15H,9-10,13H2,1-3H3,(H,22,24). The smallest absolute Gasteiger partial charge is 0.230 e. The lowest BCUT2D eigenvalue weighted by atomic mass is 10.1. The van der Waals surface area contributed by atoms with E-state index in [-0.39, 0.29) is 17.7 Å². The number of amides is 1. The third kappa shape index (κ3) is 5.91. The number of nitrogens with zero attached hydrogens (tertiary/aromatic N) is 2. The van der Waals surface area contributed by atoms with E-state index < -0.39 is 0 Å². The zero-order chi connectivity index (χ0) is 18.2. The molecule has 2 rings (SSSR count). The Bertz CT molecular complexity index is 769. The summed E-state index contributed by atoms with van der Waals surface area (Å²) in [6.45, 7) is 5.80. The van der Waals surface area contributed by atoms with Gasteiger partial charge in [-0.1, -0.05) is 42.1 Å². The molecule has 0 bridgehead atoms. The van der Waals surface area contributed by atoms with E-state index in [4.69, 9.17) is 0 Å². The summed E-state index contributed by atoms with van der Waals surface area (Å²) in [6.07, 6.45) is 1.83. The predicted molar refractivity (Wildman–Crippen MR) is 102 cm³/mol. The van der Waals surface area contributed by atoms with Gasteiger partial charge in [0.2, 0.25) is 5.91 Å². The molecule has 2 aromatic rings. The number of hydrogen-bond donors (Lipinski definition) is 1. The molecule has 0 saturated carbocycles. The molecule has 25 heavy (non-hydrogen) atoms. The van der Waals surface area contributed by atoms with Crippen LogP contribution in [-0.4, -0.2) is 22.7 Å². The summed E-state index contributed by atoms with van der Waals surface area (Å²) in [5.74, 6) is 0.232. The lowest BCUT2D eigenvalue weighted by Crippen LogP contribution is -2.34. The highest BCUT2D eigenvalue weighted by atomic mass is 32.2. The van der Waals surface area contributed by atoms with Gasteiger partial charge in [-0.25, -0.2) is 4.98 Å². The lowest BCUT2D eigenvalue weighted by molar-refractivity contribution is -0.119. The average molecular weight is 353 g/mol. The van der Waals surface area contributed by atoms with Crippen molar-refractivity contribution < 1.29 is 4.79 Å². The van der Waals surface area contributed by atoms with Crippen LogP contribution in [-0.2, 0) is 11.2 Å². The van der Waals surface area contributed by atoms with E-state index >= 15 is 0 Å². The highest BCUT2D eigenvalue weighted by Crippen LogP contribution is 2.23. The van der Waals surface area contributed by atoms with Crippen molar-refractivity contribution in [3.63, 3.8) is 0 Å². The van der Waals surface area contributed by atoms with E-state index in [9.17, 15) is 10.1 Å². The van der Waals surface area contributed by atoms with Crippen molar-refractivity contribution in [3.05, 3.63) is 58.8 Å². The van der Waals surface area contributed by atoms with E-state index in [0.717, 1.165) is 24.1 Å². The van der Waals surface area contributed by atoms with E-state index in [0.29, 0.717) is 10.6 Å². The van der Waals surface area contributed by atoms with Crippen LogP contribution in [0.3, 0.4) is 0 Å². The fraction of sp³-hybridized carbons (Fsp3) is 0.350. The molecule has 1 aromatic heterocycles. The molecule has 0 spiro atoms. The minimum Gasteiger partial charge on any atom is -0.353 e. The number of aromatic nitrogens is 1. The molecule has 130 valence electrons. The van der Waals surface area contributed by atoms with Crippen LogP contribution in [0.2, 0.25) is 0 Å². The highest BCUT2D eigenvalue weighted by molar-refractivity contribution is 8.00.